The number of aromatic nitrogens is 2. The number of anilines is 3. The fourth-order valence-corrected chi connectivity index (χ4v) is 6.17. The Morgan fingerprint density at radius 1 is 0.829 bits per heavy atom. The van der Waals surface area contributed by atoms with E-state index in [9.17, 15) is 5.11 Å². The number of benzene rings is 3. The summed E-state index contributed by atoms with van der Waals surface area (Å²) in [7, 11) is 0. The highest BCUT2D eigenvalue weighted by Gasteiger charge is 2.37. The predicted molar refractivity (Wildman–Crippen MR) is 171 cm³/mol. The van der Waals surface area contributed by atoms with E-state index in [1.54, 1.807) is 6.07 Å². The van der Waals surface area contributed by atoms with E-state index in [-0.39, 0.29) is 16.6 Å². The number of hydrogen-bond donors (Lipinski definition) is 1. The third-order valence-electron chi connectivity index (χ3n) is 8.59. The van der Waals surface area contributed by atoms with Crippen LogP contribution in [0.5, 0.6) is 5.75 Å². The molecule has 0 spiro atoms. The summed E-state index contributed by atoms with van der Waals surface area (Å²) >= 11 is 0. The standard InChI is InChI=1S/C37H39N3O/c1-22(2)25-11-18-34(38-21-25)40-31-19-23(3)9-13-28(31)37(7,8)29-14-10-24(20-32(29)40)30-16-12-26-27(36(4,5)6)15-17-33(41)35(26)39-30/h9-22,41H,1-8H3. The van der Waals surface area contributed by atoms with Crippen molar-refractivity contribution in [3.05, 3.63) is 107 Å². The minimum Gasteiger partial charge on any atom is -0.506 e. The maximum absolute atomic E-state index is 10.8. The molecule has 1 aliphatic heterocycles. The highest BCUT2D eigenvalue weighted by atomic mass is 16.3. The molecule has 41 heavy (non-hydrogen) atoms. The molecule has 3 aromatic carbocycles. The number of phenols is 1. The number of rotatable bonds is 3. The lowest BCUT2D eigenvalue weighted by Gasteiger charge is -2.42. The highest BCUT2D eigenvalue weighted by Crippen LogP contribution is 2.52. The van der Waals surface area contributed by atoms with Crippen molar-refractivity contribution in [3.63, 3.8) is 0 Å². The summed E-state index contributed by atoms with van der Waals surface area (Å²) in [5.74, 6) is 1.52. The van der Waals surface area contributed by atoms with Crippen molar-refractivity contribution in [2.75, 3.05) is 4.90 Å². The van der Waals surface area contributed by atoms with Crippen molar-refractivity contribution in [1.82, 2.24) is 9.97 Å². The van der Waals surface area contributed by atoms with Crippen molar-refractivity contribution < 1.29 is 5.11 Å². The number of nitrogens with zero attached hydrogens (tertiary/aromatic N) is 3. The van der Waals surface area contributed by atoms with Crippen LogP contribution in [0.25, 0.3) is 22.2 Å². The van der Waals surface area contributed by atoms with Gasteiger partial charge in [-0.25, -0.2) is 9.97 Å². The summed E-state index contributed by atoms with van der Waals surface area (Å²) in [6, 6.07) is 25.6. The van der Waals surface area contributed by atoms with Crippen molar-refractivity contribution in [2.24, 2.45) is 0 Å². The quantitative estimate of drug-likeness (QED) is 0.247. The molecular weight excluding hydrogens is 502 g/mol. The second-order valence-corrected chi connectivity index (χ2v) is 13.3. The summed E-state index contributed by atoms with van der Waals surface area (Å²) in [5, 5.41) is 11.8. The van der Waals surface area contributed by atoms with E-state index in [4.69, 9.17) is 9.97 Å². The number of hydrogen-bond acceptors (Lipinski definition) is 4. The van der Waals surface area contributed by atoms with Crippen molar-refractivity contribution in [2.45, 2.75) is 72.1 Å². The number of phenolic OH excluding ortho intramolecular Hbond substituents is 1. The Kier molecular flexibility index (Phi) is 6.22. The Labute approximate surface area is 243 Å². The fourth-order valence-electron chi connectivity index (χ4n) is 6.17. The summed E-state index contributed by atoms with van der Waals surface area (Å²) in [4.78, 5) is 12.3. The van der Waals surface area contributed by atoms with Crippen LogP contribution < -0.4 is 4.90 Å². The van der Waals surface area contributed by atoms with E-state index in [2.05, 4.69) is 121 Å². The highest BCUT2D eigenvalue weighted by molar-refractivity contribution is 5.91. The largest absolute Gasteiger partial charge is 0.506 e. The molecule has 2 aromatic heterocycles. The molecule has 0 radical (unpaired) electrons. The Hall–Kier alpha value is -4.18. The van der Waals surface area contributed by atoms with E-state index >= 15 is 0 Å². The first-order valence-corrected chi connectivity index (χ1v) is 14.5. The molecule has 1 N–H and O–H groups in total. The van der Waals surface area contributed by atoms with E-state index in [0.717, 1.165) is 33.8 Å². The first-order chi connectivity index (χ1) is 19.4. The van der Waals surface area contributed by atoms with Gasteiger partial charge in [0, 0.05) is 22.6 Å². The van der Waals surface area contributed by atoms with Crippen LogP contribution in [0.4, 0.5) is 17.2 Å². The minimum atomic E-state index is -0.192. The molecule has 4 heteroatoms. The van der Waals surface area contributed by atoms with Gasteiger partial charge in [0.15, 0.2) is 0 Å². The van der Waals surface area contributed by atoms with Gasteiger partial charge in [-0.1, -0.05) is 90.9 Å². The van der Waals surface area contributed by atoms with Crippen LogP contribution in [0, 0.1) is 6.92 Å². The van der Waals surface area contributed by atoms with Crippen molar-refractivity contribution in [3.8, 4) is 17.0 Å². The summed E-state index contributed by atoms with van der Waals surface area (Å²) in [6.07, 6.45) is 2.00. The van der Waals surface area contributed by atoms with E-state index in [0.29, 0.717) is 11.4 Å². The molecule has 0 saturated carbocycles. The normalized spacial score (nSPS) is 14.3. The van der Waals surface area contributed by atoms with Gasteiger partial charge in [0.1, 0.15) is 17.1 Å². The van der Waals surface area contributed by atoms with Gasteiger partial charge in [-0.05, 0) is 76.4 Å². The smallest absolute Gasteiger partial charge is 0.141 e. The average molecular weight is 542 g/mol. The lowest BCUT2D eigenvalue weighted by atomic mass is 9.73. The topological polar surface area (TPSA) is 49.2 Å². The fraction of sp³-hybridized carbons (Fsp3) is 0.297. The molecule has 3 heterocycles. The maximum atomic E-state index is 10.8. The molecule has 6 rings (SSSR count). The predicted octanol–water partition coefficient (Wildman–Crippen LogP) is 9.84. The first-order valence-electron chi connectivity index (χ1n) is 14.5. The molecule has 0 amide bonds. The molecule has 0 bridgehead atoms. The van der Waals surface area contributed by atoms with E-state index in [1.807, 2.05) is 12.3 Å². The maximum Gasteiger partial charge on any atom is 0.141 e. The molecule has 0 aliphatic carbocycles. The van der Waals surface area contributed by atoms with Crippen LogP contribution in [0.3, 0.4) is 0 Å². The Bertz CT molecular complexity index is 1790. The molecule has 0 saturated heterocycles. The second-order valence-electron chi connectivity index (χ2n) is 13.3. The van der Waals surface area contributed by atoms with Crippen LogP contribution in [0.2, 0.25) is 0 Å². The van der Waals surface area contributed by atoms with Crippen LogP contribution in [-0.4, -0.2) is 15.1 Å². The van der Waals surface area contributed by atoms with Gasteiger partial charge < -0.3 is 5.11 Å². The second kappa shape index (κ2) is 9.44. The number of aryl methyl sites for hydroxylation is 1. The van der Waals surface area contributed by atoms with Gasteiger partial charge in [0.25, 0.3) is 0 Å². The van der Waals surface area contributed by atoms with Crippen molar-refractivity contribution >= 4 is 28.1 Å². The summed E-state index contributed by atoms with van der Waals surface area (Å²) in [5.41, 5.74) is 10.6. The molecule has 1 aliphatic rings. The first kappa shape index (κ1) is 27.0. The van der Waals surface area contributed by atoms with Gasteiger partial charge in [-0.15, -0.1) is 0 Å². The van der Waals surface area contributed by atoms with Crippen LogP contribution in [-0.2, 0) is 10.8 Å². The number of pyridine rings is 2. The Morgan fingerprint density at radius 2 is 1.54 bits per heavy atom. The molecule has 0 unspecified atom stereocenters. The van der Waals surface area contributed by atoms with Gasteiger partial charge >= 0.3 is 0 Å². The zero-order chi connectivity index (χ0) is 29.3. The average Bonchev–Trinajstić information content (AvgIpc) is 2.92. The molecular formula is C37H39N3O. The Balaban J connectivity index is 1.56. The third-order valence-corrected chi connectivity index (χ3v) is 8.59. The monoisotopic (exact) mass is 541 g/mol. The summed E-state index contributed by atoms with van der Waals surface area (Å²) < 4.78 is 0. The van der Waals surface area contributed by atoms with E-state index in [1.165, 1.54) is 27.8 Å². The molecule has 0 fully saturated rings. The third kappa shape index (κ3) is 4.46. The molecule has 4 nitrogen and oxygen atoms in total. The lowest BCUT2D eigenvalue weighted by molar-refractivity contribution is 0.479. The van der Waals surface area contributed by atoms with Gasteiger partial charge in [0.2, 0.25) is 0 Å². The SMILES string of the molecule is Cc1ccc2c(c1)N(c1ccc(C(C)C)cn1)c1cc(-c3ccc4c(C(C)(C)C)ccc(O)c4n3)ccc1C2(C)C. The number of fused-ring (bicyclic) bond motifs is 3. The lowest BCUT2D eigenvalue weighted by Crippen LogP contribution is -2.31. The molecule has 208 valence electrons. The summed E-state index contributed by atoms with van der Waals surface area (Å²) in [6.45, 7) is 17.7. The van der Waals surface area contributed by atoms with Crippen LogP contribution in [0.15, 0.2) is 79.0 Å². The molecule has 5 aromatic rings. The molecule has 0 atom stereocenters. The zero-order valence-electron chi connectivity index (χ0n) is 25.4. The Morgan fingerprint density at radius 3 is 2.20 bits per heavy atom. The van der Waals surface area contributed by atoms with Gasteiger partial charge in [0.05, 0.1) is 17.1 Å². The van der Waals surface area contributed by atoms with Gasteiger partial charge in [-0.2, -0.15) is 0 Å². The number of aromatic hydroxyl groups is 1. The van der Waals surface area contributed by atoms with Gasteiger partial charge in [-0.3, -0.25) is 4.90 Å². The zero-order valence-corrected chi connectivity index (χ0v) is 25.4. The van der Waals surface area contributed by atoms with Crippen LogP contribution >= 0.6 is 0 Å². The van der Waals surface area contributed by atoms with Crippen LogP contribution in [0.1, 0.15) is 82.2 Å². The van der Waals surface area contributed by atoms with Crippen molar-refractivity contribution in [1.29, 1.82) is 0 Å². The van der Waals surface area contributed by atoms with E-state index < -0.39 is 0 Å². The minimum absolute atomic E-state index is 0.0588.